The number of anilines is 1. The second-order valence-electron chi connectivity index (χ2n) is 8.53. The van der Waals surface area contributed by atoms with Gasteiger partial charge >= 0.3 is 6.03 Å². The lowest BCUT2D eigenvalue weighted by Gasteiger charge is -2.37. The van der Waals surface area contributed by atoms with Crippen LogP contribution in [0.1, 0.15) is 42.7 Å². The summed E-state index contributed by atoms with van der Waals surface area (Å²) in [5.41, 5.74) is 3.16. The molecule has 0 bridgehead atoms. The molecule has 5 nitrogen and oxygen atoms in total. The summed E-state index contributed by atoms with van der Waals surface area (Å²) in [6.07, 6.45) is 4.14. The summed E-state index contributed by atoms with van der Waals surface area (Å²) in [6, 6.07) is 26.4. The van der Waals surface area contributed by atoms with E-state index in [0.29, 0.717) is 29.6 Å². The number of carbonyl (C=O) groups excluding carboxylic acids is 1. The molecule has 1 N–H and O–H groups in total. The molecule has 1 saturated carbocycles. The molecule has 0 atom stereocenters. The van der Waals surface area contributed by atoms with Crippen LogP contribution in [0.5, 0.6) is 11.5 Å². The minimum atomic E-state index is -0.106. The van der Waals surface area contributed by atoms with E-state index in [-0.39, 0.29) is 12.1 Å². The molecular weight excluding hydrogens is 412 g/mol. The lowest BCUT2D eigenvalue weighted by molar-refractivity contribution is 0.158. The van der Waals surface area contributed by atoms with Gasteiger partial charge in [0.2, 0.25) is 0 Å². The highest BCUT2D eigenvalue weighted by atomic mass is 16.5. The van der Waals surface area contributed by atoms with Gasteiger partial charge in [-0.3, -0.25) is 0 Å². The average Bonchev–Trinajstić information content (AvgIpc) is 2.88. The second kappa shape index (κ2) is 10.9. The fraction of sp³-hybridized carbons (Fsp3) is 0.321. The van der Waals surface area contributed by atoms with Gasteiger partial charge in [-0.15, -0.1) is 0 Å². The summed E-state index contributed by atoms with van der Waals surface area (Å²) in [5.74, 6) is 1.83. The Kier molecular flexibility index (Phi) is 7.51. The zero-order valence-electron chi connectivity index (χ0n) is 19.4. The van der Waals surface area contributed by atoms with E-state index >= 15 is 0 Å². The first kappa shape index (κ1) is 22.7. The maximum Gasteiger partial charge on any atom is 0.322 e. The van der Waals surface area contributed by atoms with Crippen LogP contribution in [-0.2, 0) is 6.54 Å². The lowest BCUT2D eigenvalue weighted by Crippen LogP contribution is -2.44. The van der Waals surface area contributed by atoms with Crippen LogP contribution < -0.4 is 14.8 Å². The van der Waals surface area contributed by atoms with E-state index in [4.69, 9.17) is 9.47 Å². The molecule has 3 aromatic carbocycles. The van der Waals surface area contributed by atoms with Gasteiger partial charge in [0, 0.05) is 18.7 Å². The van der Waals surface area contributed by atoms with Crippen LogP contribution in [-0.4, -0.2) is 31.2 Å². The van der Waals surface area contributed by atoms with Crippen LogP contribution >= 0.6 is 0 Å². The molecule has 5 heteroatoms. The first-order valence-electron chi connectivity index (χ1n) is 11.6. The highest BCUT2D eigenvalue weighted by Gasteiger charge is 2.30. The largest absolute Gasteiger partial charge is 0.497 e. The Morgan fingerprint density at radius 3 is 2.18 bits per heavy atom. The Morgan fingerprint density at radius 1 is 0.879 bits per heavy atom. The van der Waals surface area contributed by atoms with Crippen LogP contribution in [0.2, 0.25) is 0 Å². The summed E-state index contributed by atoms with van der Waals surface area (Å²) < 4.78 is 10.8. The van der Waals surface area contributed by atoms with Crippen LogP contribution in [0.4, 0.5) is 10.5 Å². The minimum Gasteiger partial charge on any atom is -0.497 e. The number of benzene rings is 3. The zero-order chi connectivity index (χ0) is 23.0. The highest BCUT2D eigenvalue weighted by molar-refractivity contribution is 5.91. The molecule has 4 rings (SSSR count). The number of rotatable bonds is 7. The predicted octanol–water partition coefficient (Wildman–Crippen LogP) is 6.46. The smallest absolute Gasteiger partial charge is 0.322 e. The van der Waals surface area contributed by atoms with Gasteiger partial charge < -0.3 is 19.7 Å². The molecule has 0 saturated heterocycles. The van der Waals surface area contributed by atoms with E-state index in [2.05, 4.69) is 47.8 Å². The first-order chi connectivity index (χ1) is 16.2. The monoisotopic (exact) mass is 444 g/mol. The number of ether oxygens (including phenoxy) is 2. The second-order valence-corrected chi connectivity index (χ2v) is 8.53. The van der Waals surface area contributed by atoms with Crippen molar-refractivity contribution in [2.75, 3.05) is 19.5 Å². The van der Waals surface area contributed by atoms with Crippen LogP contribution in [0.15, 0.2) is 78.9 Å². The van der Waals surface area contributed by atoms with Crippen molar-refractivity contribution in [1.82, 2.24) is 4.90 Å². The molecular formula is C28H32N2O3. The van der Waals surface area contributed by atoms with Crippen molar-refractivity contribution >= 4 is 11.7 Å². The highest BCUT2D eigenvalue weighted by Crippen LogP contribution is 2.36. The van der Waals surface area contributed by atoms with Crippen molar-refractivity contribution in [1.29, 1.82) is 0 Å². The van der Waals surface area contributed by atoms with E-state index in [1.165, 1.54) is 5.56 Å². The van der Waals surface area contributed by atoms with E-state index < -0.39 is 0 Å². The Labute approximate surface area is 196 Å². The maximum absolute atomic E-state index is 13.5. The fourth-order valence-electron chi connectivity index (χ4n) is 4.68. The van der Waals surface area contributed by atoms with Crippen molar-refractivity contribution in [3.8, 4) is 11.5 Å². The standard InChI is InChI=1S/C28H32N2O3/c1-32-25-17-18-26(27(19-25)33-2)29-28(31)30(20-21-9-5-3-6-10-21)24-15-13-23(14-16-24)22-11-7-4-8-12-22/h3-12,17-19,23-24H,13-16,20H2,1-2H3,(H,29,31). The summed E-state index contributed by atoms with van der Waals surface area (Å²) in [4.78, 5) is 15.5. The molecule has 1 aliphatic rings. The van der Waals surface area contributed by atoms with Crippen LogP contribution in [0.25, 0.3) is 0 Å². The summed E-state index contributed by atoms with van der Waals surface area (Å²) in [7, 11) is 3.21. The number of nitrogens with one attached hydrogen (secondary N) is 1. The third kappa shape index (κ3) is 5.67. The van der Waals surface area contributed by atoms with E-state index in [0.717, 1.165) is 31.2 Å². The molecule has 0 aromatic heterocycles. The van der Waals surface area contributed by atoms with Gasteiger partial charge in [-0.2, -0.15) is 0 Å². The molecule has 1 fully saturated rings. The van der Waals surface area contributed by atoms with Gasteiger partial charge in [-0.1, -0.05) is 60.7 Å². The van der Waals surface area contributed by atoms with Gasteiger partial charge in [0.25, 0.3) is 0 Å². The number of hydrogen-bond acceptors (Lipinski definition) is 3. The quantitative estimate of drug-likeness (QED) is 0.455. The van der Waals surface area contributed by atoms with E-state index in [1.807, 2.05) is 35.2 Å². The maximum atomic E-state index is 13.5. The molecule has 33 heavy (non-hydrogen) atoms. The minimum absolute atomic E-state index is 0.106. The third-order valence-electron chi connectivity index (χ3n) is 6.52. The van der Waals surface area contributed by atoms with Crippen LogP contribution in [0.3, 0.4) is 0 Å². The molecule has 1 aliphatic carbocycles. The molecule has 0 spiro atoms. The number of urea groups is 1. The molecule has 0 unspecified atom stereocenters. The first-order valence-corrected chi connectivity index (χ1v) is 11.6. The van der Waals surface area contributed by atoms with Gasteiger partial charge in [-0.05, 0) is 54.9 Å². The lowest BCUT2D eigenvalue weighted by atomic mass is 9.81. The number of hydrogen-bond donors (Lipinski definition) is 1. The van der Waals surface area contributed by atoms with E-state index in [1.54, 1.807) is 20.3 Å². The normalized spacial score (nSPS) is 17.8. The average molecular weight is 445 g/mol. The number of nitrogens with zero attached hydrogens (tertiary/aromatic N) is 1. The Hall–Kier alpha value is -3.47. The van der Waals surface area contributed by atoms with Crippen molar-refractivity contribution in [3.05, 3.63) is 90.0 Å². The van der Waals surface area contributed by atoms with Crippen LogP contribution in [0, 0.1) is 0 Å². The van der Waals surface area contributed by atoms with Gasteiger partial charge in [0.15, 0.2) is 0 Å². The molecule has 2 amide bonds. The topological polar surface area (TPSA) is 50.8 Å². The Morgan fingerprint density at radius 2 is 1.55 bits per heavy atom. The molecule has 0 aliphatic heterocycles. The van der Waals surface area contributed by atoms with E-state index in [9.17, 15) is 4.79 Å². The predicted molar refractivity (Wildman–Crippen MR) is 132 cm³/mol. The number of methoxy groups -OCH3 is 2. The van der Waals surface area contributed by atoms with Crippen molar-refractivity contribution in [2.24, 2.45) is 0 Å². The molecule has 3 aromatic rings. The van der Waals surface area contributed by atoms with Crippen molar-refractivity contribution < 1.29 is 14.3 Å². The molecule has 172 valence electrons. The SMILES string of the molecule is COc1ccc(NC(=O)N(Cc2ccccc2)C2CCC(c3ccccc3)CC2)c(OC)c1. The number of amides is 2. The van der Waals surface area contributed by atoms with Crippen molar-refractivity contribution in [3.63, 3.8) is 0 Å². The summed E-state index contributed by atoms with van der Waals surface area (Å²) >= 11 is 0. The summed E-state index contributed by atoms with van der Waals surface area (Å²) in [5, 5.41) is 3.08. The Bertz CT molecular complexity index is 1030. The zero-order valence-corrected chi connectivity index (χ0v) is 19.4. The van der Waals surface area contributed by atoms with Gasteiger partial charge in [0.1, 0.15) is 11.5 Å². The van der Waals surface area contributed by atoms with Gasteiger partial charge in [0.05, 0.1) is 19.9 Å². The Balaban J connectivity index is 1.51. The van der Waals surface area contributed by atoms with Gasteiger partial charge in [-0.25, -0.2) is 4.79 Å². The number of carbonyl (C=O) groups is 1. The third-order valence-corrected chi connectivity index (χ3v) is 6.52. The summed E-state index contributed by atoms with van der Waals surface area (Å²) in [6.45, 7) is 0.575. The van der Waals surface area contributed by atoms with Crippen molar-refractivity contribution in [2.45, 2.75) is 44.2 Å². The fourth-order valence-corrected chi connectivity index (χ4v) is 4.68. The molecule has 0 heterocycles. The molecule has 0 radical (unpaired) electrons.